The molecule has 3 heterocycles. The molecule has 5 rings (SSSR count). The highest BCUT2D eigenvalue weighted by molar-refractivity contribution is 6.31. The molecule has 1 unspecified atom stereocenters. The van der Waals surface area contributed by atoms with E-state index in [1.807, 2.05) is 37.3 Å². The van der Waals surface area contributed by atoms with Crippen LogP contribution in [0.25, 0.3) is 16.9 Å². The fourth-order valence-electron chi connectivity index (χ4n) is 4.03. The SMILES string of the molecule is Cc1cnc(CNC(=O)C(Cc2ccccc2)n2cnc(-c3cc(Cl)ccc3-n3cc(Cl)nn3)cc2=O)cn1. The van der Waals surface area contributed by atoms with Crippen molar-refractivity contribution in [2.45, 2.75) is 25.9 Å². The molecule has 196 valence electrons. The van der Waals surface area contributed by atoms with Gasteiger partial charge in [0.05, 0.1) is 48.0 Å². The molecule has 0 spiro atoms. The Morgan fingerprint density at radius 1 is 1.03 bits per heavy atom. The first-order chi connectivity index (χ1) is 18.9. The van der Waals surface area contributed by atoms with Gasteiger partial charge in [0.2, 0.25) is 5.91 Å². The lowest BCUT2D eigenvalue weighted by Gasteiger charge is -2.20. The summed E-state index contributed by atoms with van der Waals surface area (Å²) in [7, 11) is 0. The quantitative estimate of drug-likeness (QED) is 0.304. The van der Waals surface area contributed by atoms with Gasteiger partial charge in [-0.05, 0) is 30.7 Å². The summed E-state index contributed by atoms with van der Waals surface area (Å²) in [6.07, 6.45) is 6.43. The summed E-state index contributed by atoms with van der Waals surface area (Å²) in [4.78, 5) is 39.8. The Balaban J connectivity index is 1.48. The topological polar surface area (TPSA) is 120 Å². The number of benzene rings is 2. The zero-order valence-electron chi connectivity index (χ0n) is 20.7. The Bertz CT molecular complexity index is 1670. The zero-order chi connectivity index (χ0) is 27.4. The lowest BCUT2D eigenvalue weighted by atomic mass is 10.0. The fourth-order valence-corrected chi connectivity index (χ4v) is 4.32. The van der Waals surface area contributed by atoms with Gasteiger partial charge in [0.15, 0.2) is 5.15 Å². The molecule has 0 fully saturated rings. The third-order valence-electron chi connectivity index (χ3n) is 5.97. The second-order valence-electron chi connectivity index (χ2n) is 8.74. The summed E-state index contributed by atoms with van der Waals surface area (Å²) in [5.41, 5.74) is 3.36. The minimum atomic E-state index is -0.854. The number of amides is 1. The van der Waals surface area contributed by atoms with Crippen LogP contribution in [0.2, 0.25) is 10.2 Å². The van der Waals surface area contributed by atoms with Gasteiger partial charge in [-0.15, -0.1) is 5.10 Å². The van der Waals surface area contributed by atoms with Crippen molar-refractivity contribution in [3.05, 3.63) is 117 Å². The van der Waals surface area contributed by atoms with Crippen molar-refractivity contribution in [1.29, 1.82) is 0 Å². The van der Waals surface area contributed by atoms with Crippen molar-refractivity contribution in [2.24, 2.45) is 0 Å². The average Bonchev–Trinajstić information content (AvgIpc) is 3.38. The Labute approximate surface area is 233 Å². The van der Waals surface area contributed by atoms with E-state index in [0.29, 0.717) is 27.7 Å². The van der Waals surface area contributed by atoms with E-state index in [-0.39, 0.29) is 24.0 Å². The number of aromatic nitrogens is 7. The highest BCUT2D eigenvalue weighted by Crippen LogP contribution is 2.28. The molecule has 10 nitrogen and oxygen atoms in total. The Kier molecular flexibility index (Phi) is 7.76. The normalized spacial score (nSPS) is 11.8. The van der Waals surface area contributed by atoms with Gasteiger partial charge in [-0.3, -0.25) is 24.1 Å². The van der Waals surface area contributed by atoms with Crippen LogP contribution in [-0.2, 0) is 17.8 Å². The van der Waals surface area contributed by atoms with Gasteiger partial charge < -0.3 is 5.32 Å². The third kappa shape index (κ3) is 6.19. The van der Waals surface area contributed by atoms with Gasteiger partial charge in [-0.2, -0.15) is 0 Å². The lowest BCUT2D eigenvalue weighted by Crippen LogP contribution is -2.38. The number of hydrogen-bond acceptors (Lipinski definition) is 7. The van der Waals surface area contributed by atoms with Crippen LogP contribution in [0.4, 0.5) is 0 Å². The molecule has 1 amide bonds. The van der Waals surface area contributed by atoms with Crippen LogP contribution in [0.15, 0.2) is 84.3 Å². The van der Waals surface area contributed by atoms with Crippen molar-refractivity contribution in [3.8, 4) is 16.9 Å². The monoisotopic (exact) mass is 560 g/mol. The molecule has 1 atom stereocenters. The van der Waals surface area contributed by atoms with Crippen molar-refractivity contribution in [2.75, 3.05) is 0 Å². The van der Waals surface area contributed by atoms with Crippen molar-refractivity contribution >= 4 is 29.1 Å². The number of nitrogens with zero attached hydrogens (tertiary/aromatic N) is 7. The Morgan fingerprint density at radius 3 is 2.54 bits per heavy atom. The average molecular weight is 561 g/mol. The van der Waals surface area contributed by atoms with E-state index < -0.39 is 11.6 Å². The van der Waals surface area contributed by atoms with Gasteiger partial charge in [-0.1, -0.05) is 58.7 Å². The molecule has 39 heavy (non-hydrogen) atoms. The number of halogens is 2. The van der Waals surface area contributed by atoms with E-state index in [1.165, 1.54) is 27.8 Å². The van der Waals surface area contributed by atoms with Crippen LogP contribution >= 0.6 is 23.2 Å². The molecular weight excluding hydrogens is 539 g/mol. The second-order valence-corrected chi connectivity index (χ2v) is 9.56. The number of aryl methyl sites for hydroxylation is 1. The number of carbonyl (C=O) groups is 1. The van der Waals surface area contributed by atoms with Crippen molar-refractivity contribution in [1.82, 2.24) is 39.8 Å². The third-order valence-corrected chi connectivity index (χ3v) is 6.38. The van der Waals surface area contributed by atoms with Crippen molar-refractivity contribution < 1.29 is 4.79 Å². The summed E-state index contributed by atoms with van der Waals surface area (Å²) in [6.45, 7) is 2.01. The van der Waals surface area contributed by atoms with Gasteiger partial charge in [-0.25, -0.2) is 9.67 Å². The number of nitrogens with one attached hydrogen (secondary N) is 1. The maximum atomic E-state index is 13.4. The first-order valence-corrected chi connectivity index (χ1v) is 12.7. The van der Waals surface area contributed by atoms with Crippen LogP contribution in [0.1, 0.15) is 23.0 Å². The van der Waals surface area contributed by atoms with Crippen LogP contribution in [0, 0.1) is 6.92 Å². The molecule has 0 aliphatic rings. The molecule has 0 saturated carbocycles. The van der Waals surface area contributed by atoms with Gasteiger partial charge in [0.1, 0.15) is 6.04 Å². The standard InChI is InChI=1S/C27H22Cl2N8O2/c1-17-12-31-20(13-30-17)14-32-27(39)24(9-18-5-3-2-4-6-18)36-16-33-22(11-26(36)38)21-10-19(28)7-8-23(21)37-15-25(29)34-35-37/h2-8,10-13,15-16,24H,9,14H2,1H3,(H,32,39). The molecule has 5 aromatic rings. The predicted molar refractivity (Wildman–Crippen MR) is 147 cm³/mol. The molecule has 0 saturated heterocycles. The minimum Gasteiger partial charge on any atom is -0.349 e. The zero-order valence-corrected chi connectivity index (χ0v) is 22.2. The Hall–Kier alpha value is -4.41. The Morgan fingerprint density at radius 2 is 1.85 bits per heavy atom. The smallest absolute Gasteiger partial charge is 0.254 e. The second kappa shape index (κ2) is 11.5. The van der Waals surface area contributed by atoms with E-state index >= 15 is 0 Å². The molecule has 0 radical (unpaired) electrons. The van der Waals surface area contributed by atoms with Crippen LogP contribution in [-0.4, -0.2) is 40.4 Å². The number of carbonyl (C=O) groups excluding carboxylic acids is 1. The first kappa shape index (κ1) is 26.2. The highest BCUT2D eigenvalue weighted by atomic mass is 35.5. The lowest BCUT2D eigenvalue weighted by molar-refractivity contribution is -0.124. The maximum Gasteiger partial charge on any atom is 0.254 e. The van der Waals surface area contributed by atoms with Crippen LogP contribution in [0.3, 0.4) is 0 Å². The number of hydrogen-bond donors (Lipinski definition) is 1. The molecule has 12 heteroatoms. The summed E-state index contributed by atoms with van der Waals surface area (Å²) in [6, 6.07) is 15.1. The summed E-state index contributed by atoms with van der Waals surface area (Å²) >= 11 is 12.2. The molecule has 0 aliphatic carbocycles. The molecule has 3 aromatic heterocycles. The predicted octanol–water partition coefficient (Wildman–Crippen LogP) is 4.00. The fraction of sp³-hybridized carbons (Fsp3) is 0.148. The minimum absolute atomic E-state index is 0.171. The van der Waals surface area contributed by atoms with E-state index in [4.69, 9.17) is 23.2 Å². The largest absolute Gasteiger partial charge is 0.349 e. The van der Waals surface area contributed by atoms with Crippen molar-refractivity contribution in [3.63, 3.8) is 0 Å². The van der Waals surface area contributed by atoms with Gasteiger partial charge in [0.25, 0.3) is 5.56 Å². The molecule has 0 bridgehead atoms. The summed E-state index contributed by atoms with van der Waals surface area (Å²) in [5.74, 6) is -0.349. The van der Waals surface area contributed by atoms with E-state index in [2.05, 4.69) is 30.6 Å². The summed E-state index contributed by atoms with van der Waals surface area (Å²) in [5, 5.41) is 11.4. The van der Waals surface area contributed by atoms with E-state index in [1.54, 1.807) is 30.6 Å². The molecule has 1 N–H and O–H groups in total. The highest BCUT2D eigenvalue weighted by Gasteiger charge is 2.23. The van der Waals surface area contributed by atoms with Crippen LogP contribution in [0.5, 0.6) is 0 Å². The first-order valence-electron chi connectivity index (χ1n) is 11.9. The van der Waals surface area contributed by atoms with Gasteiger partial charge in [0, 0.05) is 29.3 Å². The van der Waals surface area contributed by atoms with Crippen LogP contribution < -0.4 is 10.9 Å². The maximum absolute atomic E-state index is 13.4. The molecular formula is C27H22Cl2N8O2. The van der Waals surface area contributed by atoms with Gasteiger partial charge >= 0.3 is 0 Å². The molecule has 0 aliphatic heterocycles. The molecule has 2 aromatic carbocycles. The van der Waals surface area contributed by atoms with E-state index in [0.717, 1.165) is 11.3 Å². The summed E-state index contributed by atoms with van der Waals surface area (Å²) < 4.78 is 2.80. The number of rotatable bonds is 8. The van der Waals surface area contributed by atoms with E-state index in [9.17, 15) is 9.59 Å².